The molecule has 0 aliphatic heterocycles. The van der Waals surface area contributed by atoms with E-state index in [0.29, 0.717) is 6.61 Å². The van der Waals surface area contributed by atoms with Gasteiger partial charge in [-0.25, -0.2) is 8.78 Å². The predicted octanol–water partition coefficient (Wildman–Crippen LogP) is 1.27. The molecule has 0 aliphatic carbocycles. The molecular formula is C7H15F2NO. The fourth-order valence-corrected chi connectivity index (χ4v) is 0.778. The molecule has 0 fully saturated rings. The van der Waals surface area contributed by atoms with Crippen LogP contribution in [0.3, 0.4) is 0 Å². The van der Waals surface area contributed by atoms with Gasteiger partial charge in [-0.15, -0.1) is 0 Å². The van der Waals surface area contributed by atoms with Crippen molar-refractivity contribution in [2.45, 2.75) is 25.8 Å². The van der Waals surface area contributed by atoms with E-state index in [2.05, 4.69) is 5.32 Å². The molecule has 11 heavy (non-hydrogen) atoms. The molecule has 0 amide bonds. The minimum atomic E-state index is -2.28. The van der Waals surface area contributed by atoms with E-state index in [1.54, 1.807) is 7.11 Å². The van der Waals surface area contributed by atoms with Crippen LogP contribution in [-0.2, 0) is 4.74 Å². The molecule has 0 heterocycles. The van der Waals surface area contributed by atoms with E-state index in [1.165, 1.54) is 0 Å². The predicted molar refractivity (Wildman–Crippen MR) is 40.0 cm³/mol. The lowest BCUT2D eigenvalue weighted by Crippen LogP contribution is -2.35. The van der Waals surface area contributed by atoms with Gasteiger partial charge in [0.05, 0.1) is 13.2 Å². The van der Waals surface area contributed by atoms with E-state index in [9.17, 15) is 8.78 Å². The van der Waals surface area contributed by atoms with Gasteiger partial charge >= 0.3 is 0 Å². The van der Waals surface area contributed by atoms with Gasteiger partial charge in [-0.3, -0.25) is 0 Å². The number of alkyl halides is 2. The standard InChI is InChI=1S/C7H15F2NO/c1-3-6(5-11-2)10-4-7(8)9/h6-7,10H,3-5H2,1-2H3. The van der Waals surface area contributed by atoms with Crippen LogP contribution in [0.15, 0.2) is 0 Å². The molecule has 0 rings (SSSR count). The average molecular weight is 167 g/mol. The van der Waals surface area contributed by atoms with Crippen LogP contribution in [0.25, 0.3) is 0 Å². The molecule has 0 aromatic rings. The van der Waals surface area contributed by atoms with Crippen molar-refractivity contribution in [3.05, 3.63) is 0 Å². The van der Waals surface area contributed by atoms with Crippen LogP contribution in [0.4, 0.5) is 8.78 Å². The summed E-state index contributed by atoms with van der Waals surface area (Å²) in [5.74, 6) is 0. The first-order valence-electron chi connectivity index (χ1n) is 3.71. The first-order valence-corrected chi connectivity index (χ1v) is 3.71. The first-order chi connectivity index (χ1) is 5.20. The van der Waals surface area contributed by atoms with E-state index in [1.807, 2.05) is 6.92 Å². The summed E-state index contributed by atoms with van der Waals surface area (Å²) in [4.78, 5) is 0. The number of ether oxygens (including phenoxy) is 1. The molecular weight excluding hydrogens is 152 g/mol. The zero-order valence-electron chi connectivity index (χ0n) is 6.94. The van der Waals surface area contributed by atoms with Crippen molar-refractivity contribution >= 4 is 0 Å². The molecule has 1 unspecified atom stereocenters. The molecule has 4 heteroatoms. The van der Waals surface area contributed by atoms with Crippen LogP contribution in [0.1, 0.15) is 13.3 Å². The highest BCUT2D eigenvalue weighted by Crippen LogP contribution is 1.94. The number of hydrogen-bond donors (Lipinski definition) is 1. The van der Waals surface area contributed by atoms with E-state index < -0.39 is 6.43 Å². The maximum absolute atomic E-state index is 11.7. The van der Waals surface area contributed by atoms with Crippen LogP contribution in [0, 0.1) is 0 Å². The summed E-state index contributed by atoms with van der Waals surface area (Å²) in [7, 11) is 1.56. The van der Waals surface area contributed by atoms with Crippen molar-refractivity contribution in [1.82, 2.24) is 5.32 Å². The van der Waals surface area contributed by atoms with Gasteiger partial charge in [-0.05, 0) is 6.42 Å². The molecule has 0 radical (unpaired) electrons. The first kappa shape index (κ1) is 10.8. The second kappa shape index (κ2) is 6.49. The van der Waals surface area contributed by atoms with Gasteiger partial charge in [0.1, 0.15) is 0 Å². The van der Waals surface area contributed by atoms with Gasteiger partial charge in [-0.2, -0.15) is 0 Å². The number of methoxy groups -OCH3 is 1. The monoisotopic (exact) mass is 167 g/mol. The molecule has 0 spiro atoms. The third kappa shape index (κ3) is 6.19. The fraction of sp³-hybridized carbons (Fsp3) is 1.00. The molecule has 0 aliphatic rings. The van der Waals surface area contributed by atoms with E-state index in [-0.39, 0.29) is 12.6 Å². The van der Waals surface area contributed by atoms with Gasteiger partial charge in [0.25, 0.3) is 6.43 Å². The summed E-state index contributed by atoms with van der Waals surface area (Å²) in [6, 6.07) is 0.0500. The molecule has 0 bridgehead atoms. The lowest BCUT2D eigenvalue weighted by molar-refractivity contribution is 0.121. The van der Waals surface area contributed by atoms with Crippen LogP contribution in [0.5, 0.6) is 0 Å². The summed E-state index contributed by atoms with van der Waals surface area (Å²) < 4.78 is 28.2. The van der Waals surface area contributed by atoms with Gasteiger partial charge < -0.3 is 10.1 Å². The van der Waals surface area contributed by atoms with Crippen molar-refractivity contribution in [1.29, 1.82) is 0 Å². The Labute approximate surface area is 65.9 Å². The number of rotatable bonds is 6. The number of halogens is 2. The van der Waals surface area contributed by atoms with Crippen molar-refractivity contribution in [3.8, 4) is 0 Å². The van der Waals surface area contributed by atoms with Gasteiger partial charge in [0.2, 0.25) is 0 Å². The molecule has 68 valence electrons. The normalized spacial score (nSPS) is 13.9. The average Bonchev–Trinajstić information content (AvgIpc) is 1.97. The lowest BCUT2D eigenvalue weighted by Gasteiger charge is -2.14. The Bertz CT molecular complexity index is 90.5. The van der Waals surface area contributed by atoms with E-state index >= 15 is 0 Å². The maximum Gasteiger partial charge on any atom is 0.250 e. The topological polar surface area (TPSA) is 21.3 Å². The molecule has 0 aromatic heterocycles. The van der Waals surface area contributed by atoms with Crippen molar-refractivity contribution < 1.29 is 13.5 Å². The van der Waals surface area contributed by atoms with Crippen molar-refractivity contribution in [2.75, 3.05) is 20.3 Å². The molecule has 2 nitrogen and oxygen atoms in total. The van der Waals surface area contributed by atoms with Gasteiger partial charge in [0, 0.05) is 13.2 Å². The Morgan fingerprint density at radius 1 is 1.45 bits per heavy atom. The minimum absolute atomic E-state index is 0.0500. The fourth-order valence-electron chi connectivity index (χ4n) is 0.778. The van der Waals surface area contributed by atoms with Crippen LogP contribution < -0.4 is 5.32 Å². The largest absolute Gasteiger partial charge is 0.383 e. The van der Waals surface area contributed by atoms with Gasteiger partial charge in [0.15, 0.2) is 0 Å². The zero-order chi connectivity index (χ0) is 8.69. The van der Waals surface area contributed by atoms with Crippen molar-refractivity contribution in [3.63, 3.8) is 0 Å². The lowest BCUT2D eigenvalue weighted by atomic mass is 10.2. The highest BCUT2D eigenvalue weighted by molar-refractivity contribution is 4.63. The number of nitrogens with one attached hydrogen (secondary N) is 1. The minimum Gasteiger partial charge on any atom is -0.383 e. The van der Waals surface area contributed by atoms with Crippen LogP contribution in [0.2, 0.25) is 0 Å². The third-order valence-corrected chi connectivity index (χ3v) is 1.42. The SMILES string of the molecule is CCC(COC)NCC(F)F. The summed E-state index contributed by atoms with van der Waals surface area (Å²) >= 11 is 0. The smallest absolute Gasteiger partial charge is 0.250 e. The molecule has 0 saturated carbocycles. The second-order valence-corrected chi connectivity index (χ2v) is 2.36. The summed E-state index contributed by atoms with van der Waals surface area (Å²) in [5, 5.41) is 2.69. The Morgan fingerprint density at radius 3 is 2.45 bits per heavy atom. The summed E-state index contributed by atoms with van der Waals surface area (Å²) in [6.45, 7) is 2.17. The van der Waals surface area contributed by atoms with Gasteiger partial charge in [-0.1, -0.05) is 6.92 Å². The zero-order valence-corrected chi connectivity index (χ0v) is 6.94. The second-order valence-electron chi connectivity index (χ2n) is 2.36. The van der Waals surface area contributed by atoms with E-state index in [4.69, 9.17) is 4.74 Å². The molecule has 0 saturated heterocycles. The Hall–Kier alpha value is -0.220. The Kier molecular flexibility index (Phi) is 6.36. The summed E-state index contributed by atoms with van der Waals surface area (Å²) in [6.07, 6.45) is -1.47. The maximum atomic E-state index is 11.7. The van der Waals surface area contributed by atoms with Crippen LogP contribution in [-0.4, -0.2) is 32.7 Å². The van der Waals surface area contributed by atoms with E-state index in [0.717, 1.165) is 6.42 Å². The molecule has 0 aromatic carbocycles. The third-order valence-electron chi connectivity index (χ3n) is 1.42. The highest BCUT2D eigenvalue weighted by Gasteiger charge is 2.07. The highest BCUT2D eigenvalue weighted by atomic mass is 19.3. The summed E-state index contributed by atoms with van der Waals surface area (Å²) in [5.41, 5.74) is 0. The van der Waals surface area contributed by atoms with Crippen molar-refractivity contribution in [2.24, 2.45) is 0 Å². The number of hydrogen-bond acceptors (Lipinski definition) is 2. The molecule has 1 N–H and O–H groups in total. The van der Waals surface area contributed by atoms with Crippen LogP contribution >= 0.6 is 0 Å². The quantitative estimate of drug-likeness (QED) is 0.643. The molecule has 1 atom stereocenters. The Balaban J connectivity index is 3.35. The Morgan fingerprint density at radius 2 is 2.09 bits per heavy atom.